The molecular weight excluding hydrogens is 575 g/mol. The Morgan fingerprint density at radius 2 is 1.41 bits per heavy atom. The number of H-pyrrole nitrogens is 1. The van der Waals surface area contributed by atoms with Crippen LogP contribution in [-0.2, 0) is 18.0 Å². The highest BCUT2D eigenvalue weighted by Gasteiger charge is 2.62. The van der Waals surface area contributed by atoms with Crippen molar-refractivity contribution in [2.24, 2.45) is 5.16 Å². The molecule has 4 atom stereocenters. The van der Waals surface area contributed by atoms with Crippen molar-refractivity contribution >= 4 is 31.2 Å². The predicted molar refractivity (Wildman–Crippen MR) is 172 cm³/mol. The highest BCUT2D eigenvalue weighted by Crippen LogP contribution is 2.49. The average Bonchev–Trinajstić information content (AvgIpc) is 3.03. The van der Waals surface area contributed by atoms with Crippen LogP contribution in [0.2, 0.25) is 54.4 Å². The van der Waals surface area contributed by atoms with Crippen molar-refractivity contribution < 1.29 is 23.2 Å². The summed E-state index contributed by atoms with van der Waals surface area (Å²) in [6.45, 7) is 32.2. The predicted octanol–water partition coefficient (Wildman–Crippen LogP) is 6.07. The van der Waals surface area contributed by atoms with Crippen molar-refractivity contribution in [1.82, 2.24) is 9.55 Å². The first kappa shape index (κ1) is 35.8. The molecule has 0 radical (unpaired) electrons. The molecule has 0 aliphatic carbocycles. The topological polar surface area (TPSA) is 124 Å². The van der Waals surface area contributed by atoms with E-state index in [1.165, 1.54) is 23.0 Å². The molecule has 1 fully saturated rings. The molecular formula is C28H55N3O7Si3. The molecule has 2 N–H and O–H groups in total. The van der Waals surface area contributed by atoms with Crippen molar-refractivity contribution in [1.29, 1.82) is 0 Å². The molecule has 1 saturated heterocycles. The van der Waals surface area contributed by atoms with Crippen molar-refractivity contribution in [3.63, 3.8) is 0 Å². The van der Waals surface area contributed by atoms with E-state index in [4.69, 9.17) is 18.0 Å². The van der Waals surface area contributed by atoms with E-state index in [1.54, 1.807) is 0 Å². The fourth-order valence-corrected chi connectivity index (χ4v) is 7.41. The lowest BCUT2D eigenvalue weighted by molar-refractivity contribution is -0.0813. The van der Waals surface area contributed by atoms with Crippen LogP contribution in [0.25, 0.3) is 0 Å². The minimum Gasteiger partial charge on any atom is -0.413 e. The molecule has 1 aromatic rings. The summed E-state index contributed by atoms with van der Waals surface area (Å²) in [6.07, 6.45) is 0.218. The lowest BCUT2D eigenvalue weighted by atomic mass is 9.97. The van der Waals surface area contributed by atoms with E-state index in [0.717, 1.165) is 0 Å². The van der Waals surface area contributed by atoms with E-state index in [9.17, 15) is 14.8 Å². The summed E-state index contributed by atoms with van der Waals surface area (Å²) >= 11 is 0. The number of aromatic nitrogens is 2. The second-order valence-electron chi connectivity index (χ2n) is 15.9. The van der Waals surface area contributed by atoms with E-state index < -0.39 is 60.2 Å². The molecule has 0 saturated carbocycles. The summed E-state index contributed by atoms with van der Waals surface area (Å²) in [5.41, 5.74) is -2.52. The SMILES string of the molecule is CC(C)(C)[Si](C)(C)OC[C@@]1(/C=N/O)O[C@@H](n2ccc(=O)[nH]c2=O)C(O[Si](C)(C)C(C)(C)C)[C@@H]1O[Si](C)(C)C(C)(C)C. The molecule has 0 amide bonds. The quantitative estimate of drug-likeness (QED) is 0.147. The number of hydrogen-bond acceptors (Lipinski definition) is 8. The normalized spacial score (nSPS) is 25.3. The fraction of sp³-hybridized carbons (Fsp3) is 0.821. The van der Waals surface area contributed by atoms with Gasteiger partial charge in [-0.25, -0.2) is 4.79 Å². The number of oxime groups is 1. The van der Waals surface area contributed by atoms with Crippen molar-refractivity contribution in [3.8, 4) is 0 Å². The van der Waals surface area contributed by atoms with Crippen molar-refractivity contribution in [2.75, 3.05) is 6.61 Å². The lowest BCUT2D eigenvalue weighted by Gasteiger charge is -2.46. The van der Waals surface area contributed by atoms with Crippen LogP contribution in [0, 0.1) is 0 Å². The molecule has 1 unspecified atom stereocenters. The van der Waals surface area contributed by atoms with Gasteiger partial charge in [-0.15, -0.1) is 0 Å². The van der Waals surface area contributed by atoms with E-state index in [0.29, 0.717) is 0 Å². The Bertz CT molecular complexity index is 1210. The van der Waals surface area contributed by atoms with Gasteiger partial charge in [0.2, 0.25) is 0 Å². The van der Waals surface area contributed by atoms with Crippen LogP contribution in [0.15, 0.2) is 27.0 Å². The van der Waals surface area contributed by atoms with Crippen LogP contribution in [-0.4, -0.2) is 70.3 Å². The summed E-state index contributed by atoms with van der Waals surface area (Å²) in [5, 5.41) is 13.1. The zero-order valence-corrected chi connectivity index (χ0v) is 31.0. The van der Waals surface area contributed by atoms with Crippen LogP contribution in [0.3, 0.4) is 0 Å². The Balaban J connectivity index is 2.88. The Kier molecular flexibility index (Phi) is 10.2. The van der Waals surface area contributed by atoms with Gasteiger partial charge >= 0.3 is 5.69 Å². The third kappa shape index (κ3) is 7.60. The van der Waals surface area contributed by atoms with Gasteiger partial charge in [-0.1, -0.05) is 67.5 Å². The molecule has 1 aromatic heterocycles. The van der Waals surface area contributed by atoms with Crippen LogP contribution >= 0.6 is 0 Å². The number of rotatable bonds is 9. The monoisotopic (exact) mass is 629 g/mol. The molecule has 1 aliphatic heterocycles. The summed E-state index contributed by atoms with van der Waals surface area (Å²) in [7, 11) is -7.28. The van der Waals surface area contributed by atoms with Gasteiger partial charge in [-0.3, -0.25) is 14.3 Å². The van der Waals surface area contributed by atoms with Crippen LogP contribution in [0.5, 0.6) is 0 Å². The van der Waals surface area contributed by atoms with Gasteiger partial charge in [-0.2, -0.15) is 0 Å². The number of ether oxygens (including phenoxy) is 1. The number of nitrogens with zero attached hydrogens (tertiary/aromatic N) is 2. The maximum atomic E-state index is 13.1. The Morgan fingerprint density at radius 3 is 1.85 bits per heavy atom. The standard InChI is InChI=1S/C28H55N3O7Si3/c1-25(2,3)39(10,11)35-19-28(18-29-34)22(38-41(14,15)27(7,8)9)21(37-40(12,13)26(4,5)6)23(36-28)31-17-16-20(32)30-24(31)33/h16-18,21-23,34H,19H2,1-15H3,(H,30,32,33)/b29-18+/t21?,22-,23+,28+/m0/s1. The maximum Gasteiger partial charge on any atom is 0.330 e. The Labute approximate surface area is 249 Å². The highest BCUT2D eigenvalue weighted by atomic mass is 28.4. The second-order valence-corrected chi connectivity index (χ2v) is 30.2. The molecule has 41 heavy (non-hydrogen) atoms. The van der Waals surface area contributed by atoms with Gasteiger partial charge in [0.15, 0.2) is 36.8 Å². The zero-order chi connectivity index (χ0) is 32.0. The molecule has 0 aromatic carbocycles. The van der Waals surface area contributed by atoms with Gasteiger partial charge in [0.05, 0.1) is 12.8 Å². The maximum absolute atomic E-state index is 13.1. The first-order valence-electron chi connectivity index (χ1n) is 14.4. The van der Waals surface area contributed by atoms with Crippen LogP contribution in [0.4, 0.5) is 0 Å². The minimum atomic E-state index is -2.49. The second kappa shape index (κ2) is 11.6. The molecule has 13 heteroatoms. The van der Waals surface area contributed by atoms with Gasteiger partial charge in [0.1, 0.15) is 12.2 Å². The summed E-state index contributed by atoms with van der Waals surface area (Å²) < 4.78 is 29.0. The molecule has 10 nitrogen and oxygen atoms in total. The van der Waals surface area contributed by atoms with Crippen molar-refractivity contribution in [2.45, 2.75) is 141 Å². The fourth-order valence-electron chi connectivity index (χ4n) is 3.79. The van der Waals surface area contributed by atoms with Gasteiger partial charge < -0.3 is 23.2 Å². The largest absolute Gasteiger partial charge is 0.413 e. The summed E-state index contributed by atoms with van der Waals surface area (Å²) in [5.74, 6) is 0. The number of hydrogen-bond donors (Lipinski definition) is 2. The first-order valence-corrected chi connectivity index (χ1v) is 23.1. The first-order chi connectivity index (χ1) is 18.2. The van der Waals surface area contributed by atoms with Gasteiger partial charge in [-0.05, 0) is 54.4 Å². The highest BCUT2D eigenvalue weighted by molar-refractivity contribution is 6.75. The van der Waals surface area contributed by atoms with E-state index >= 15 is 0 Å². The Hall–Kier alpha value is -1.36. The third-order valence-corrected chi connectivity index (χ3v) is 23.1. The smallest absolute Gasteiger partial charge is 0.330 e. The Morgan fingerprint density at radius 1 is 0.927 bits per heavy atom. The molecule has 0 bridgehead atoms. The minimum absolute atomic E-state index is 0.0405. The number of aromatic amines is 1. The third-order valence-electron chi connectivity index (χ3n) is 9.73. The molecule has 1 aliphatic rings. The van der Waals surface area contributed by atoms with Gasteiger partial charge in [0.25, 0.3) is 5.56 Å². The van der Waals surface area contributed by atoms with Crippen LogP contribution in [0.1, 0.15) is 68.5 Å². The molecule has 0 spiro atoms. The lowest BCUT2D eigenvalue weighted by Crippen LogP contribution is -2.59. The molecule has 2 heterocycles. The summed E-state index contributed by atoms with van der Waals surface area (Å²) in [4.78, 5) is 27.5. The van der Waals surface area contributed by atoms with E-state index in [2.05, 4.69) is 112 Å². The van der Waals surface area contributed by atoms with Crippen LogP contribution < -0.4 is 11.2 Å². The van der Waals surface area contributed by atoms with E-state index in [-0.39, 0.29) is 21.7 Å². The zero-order valence-electron chi connectivity index (χ0n) is 28.0. The van der Waals surface area contributed by atoms with Crippen molar-refractivity contribution in [3.05, 3.63) is 33.1 Å². The average molecular weight is 630 g/mol. The van der Waals surface area contributed by atoms with E-state index in [1.807, 2.05) is 0 Å². The molecule has 2 rings (SSSR count). The summed E-state index contributed by atoms with van der Waals surface area (Å²) in [6, 6.07) is 1.28. The molecule has 236 valence electrons. The van der Waals surface area contributed by atoms with Gasteiger partial charge in [0, 0.05) is 12.3 Å². The number of nitrogens with one attached hydrogen (secondary N) is 1.